The van der Waals surface area contributed by atoms with E-state index in [1.807, 2.05) is 0 Å². The second kappa shape index (κ2) is 8.59. The summed E-state index contributed by atoms with van der Waals surface area (Å²) in [7, 11) is -0.641. The van der Waals surface area contributed by atoms with Gasteiger partial charge in [0.25, 0.3) is 0 Å². The highest BCUT2D eigenvalue weighted by Gasteiger charge is 2.28. The molecule has 1 heterocycles. The van der Waals surface area contributed by atoms with Gasteiger partial charge in [-0.15, -0.1) is 0 Å². The van der Waals surface area contributed by atoms with Crippen molar-refractivity contribution in [1.82, 2.24) is 4.90 Å². The van der Waals surface area contributed by atoms with E-state index in [4.69, 9.17) is 9.47 Å². The van der Waals surface area contributed by atoms with Crippen LogP contribution < -0.4 is 18.7 Å². The van der Waals surface area contributed by atoms with Gasteiger partial charge in [0.15, 0.2) is 11.5 Å². The standard InChI is InChI=1S/C17H27N3O5S/c1-5-18-8-10-19(11-9-18)17(21)13-20(26(4,22)23)14-6-7-15(24-2)16(12-14)25-3/h6-7,12H,5,8-11,13H2,1-4H3/p+1. The average molecular weight is 386 g/mol. The van der Waals surface area contributed by atoms with Crippen molar-refractivity contribution in [2.75, 3.05) is 64.0 Å². The first-order valence-electron chi connectivity index (χ1n) is 8.61. The summed E-state index contributed by atoms with van der Waals surface area (Å²) in [5.74, 6) is 0.710. The Bertz CT molecular complexity index is 730. The second-order valence-corrected chi connectivity index (χ2v) is 8.20. The fourth-order valence-electron chi connectivity index (χ4n) is 3.03. The molecule has 0 atom stereocenters. The van der Waals surface area contributed by atoms with Crippen molar-refractivity contribution in [2.45, 2.75) is 6.92 Å². The molecule has 1 aliphatic heterocycles. The number of quaternary nitrogens is 1. The topological polar surface area (TPSA) is 80.6 Å². The number of rotatable bonds is 7. The Labute approximate surface area is 155 Å². The van der Waals surface area contributed by atoms with E-state index in [0.29, 0.717) is 30.3 Å². The van der Waals surface area contributed by atoms with Crippen LogP contribution in [0, 0.1) is 0 Å². The highest BCUT2D eigenvalue weighted by Crippen LogP contribution is 2.32. The van der Waals surface area contributed by atoms with Crippen molar-refractivity contribution in [3.63, 3.8) is 0 Å². The first-order valence-corrected chi connectivity index (χ1v) is 10.5. The maximum Gasteiger partial charge on any atom is 0.243 e. The van der Waals surface area contributed by atoms with Crippen molar-refractivity contribution in [1.29, 1.82) is 0 Å². The van der Waals surface area contributed by atoms with Crippen LogP contribution in [0.4, 0.5) is 5.69 Å². The van der Waals surface area contributed by atoms with Gasteiger partial charge in [-0.05, 0) is 19.1 Å². The van der Waals surface area contributed by atoms with E-state index in [1.165, 1.54) is 19.1 Å². The highest BCUT2D eigenvalue weighted by atomic mass is 32.2. The van der Waals surface area contributed by atoms with Gasteiger partial charge in [-0.3, -0.25) is 9.10 Å². The molecule has 0 aliphatic carbocycles. The Morgan fingerprint density at radius 3 is 2.31 bits per heavy atom. The molecule has 1 aromatic rings. The van der Waals surface area contributed by atoms with Crippen molar-refractivity contribution < 1.29 is 27.6 Å². The summed E-state index contributed by atoms with van der Waals surface area (Å²) < 4.78 is 36.1. The fourth-order valence-corrected chi connectivity index (χ4v) is 3.87. The maximum atomic E-state index is 12.7. The SMILES string of the molecule is CC[NH+]1CCN(C(=O)CN(c2ccc(OC)c(OC)c2)S(C)(=O)=O)CC1. The molecule has 0 aromatic heterocycles. The third-order valence-electron chi connectivity index (χ3n) is 4.66. The van der Waals surface area contributed by atoms with Gasteiger partial charge in [0.2, 0.25) is 15.9 Å². The Kier molecular flexibility index (Phi) is 6.71. The van der Waals surface area contributed by atoms with E-state index in [1.54, 1.807) is 23.1 Å². The fraction of sp³-hybridized carbons (Fsp3) is 0.588. The molecular formula is C17H28N3O5S+. The smallest absolute Gasteiger partial charge is 0.243 e. The number of amides is 1. The van der Waals surface area contributed by atoms with Gasteiger partial charge < -0.3 is 19.3 Å². The molecule has 1 N–H and O–H groups in total. The molecule has 9 heteroatoms. The first kappa shape index (κ1) is 20.3. The summed E-state index contributed by atoms with van der Waals surface area (Å²) in [5.41, 5.74) is 0.372. The summed E-state index contributed by atoms with van der Waals surface area (Å²) in [6.07, 6.45) is 1.09. The van der Waals surface area contributed by atoms with Crippen LogP contribution in [0.1, 0.15) is 6.92 Å². The predicted molar refractivity (Wildman–Crippen MR) is 99.6 cm³/mol. The number of nitrogens with zero attached hydrogens (tertiary/aromatic N) is 2. The van der Waals surface area contributed by atoms with E-state index >= 15 is 0 Å². The van der Waals surface area contributed by atoms with Gasteiger partial charge in [0, 0.05) is 6.07 Å². The summed E-state index contributed by atoms with van der Waals surface area (Å²) >= 11 is 0. The largest absolute Gasteiger partial charge is 0.493 e. The molecule has 0 spiro atoms. The number of carbonyl (C=O) groups is 1. The molecule has 1 saturated heterocycles. The lowest BCUT2D eigenvalue weighted by molar-refractivity contribution is -0.902. The van der Waals surface area contributed by atoms with E-state index in [0.717, 1.165) is 30.2 Å². The van der Waals surface area contributed by atoms with Gasteiger partial charge in [0.1, 0.15) is 6.54 Å². The minimum atomic E-state index is -3.63. The predicted octanol–water partition coefficient (Wildman–Crippen LogP) is -0.783. The molecule has 2 rings (SSSR count). The molecule has 1 fully saturated rings. The second-order valence-electron chi connectivity index (χ2n) is 6.29. The van der Waals surface area contributed by atoms with Gasteiger partial charge in [0.05, 0.1) is 58.9 Å². The molecule has 146 valence electrons. The quantitative estimate of drug-likeness (QED) is 0.665. The molecule has 0 unspecified atom stereocenters. The third kappa shape index (κ3) is 4.79. The molecular weight excluding hydrogens is 358 g/mol. The number of nitrogens with one attached hydrogen (secondary N) is 1. The summed E-state index contributed by atoms with van der Waals surface area (Å²) in [6, 6.07) is 4.79. The molecule has 8 nitrogen and oxygen atoms in total. The maximum absolute atomic E-state index is 12.7. The number of sulfonamides is 1. The van der Waals surface area contributed by atoms with Crippen LogP contribution >= 0.6 is 0 Å². The minimum absolute atomic E-state index is 0.194. The van der Waals surface area contributed by atoms with Gasteiger partial charge in [-0.2, -0.15) is 0 Å². The van der Waals surface area contributed by atoms with Crippen LogP contribution in [-0.4, -0.2) is 79.0 Å². The minimum Gasteiger partial charge on any atom is -0.493 e. The van der Waals surface area contributed by atoms with Crippen molar-refractivity contribution in [2.24, 2.45) is 0 Å². The Morgan fingerprint density at radius 1 is 1.19 bits per heavy atom. The van der Waals surface area contributed by atoms with E-state index in [2.05, 4.69) is 6.92 Å². The Balaban J connectivity index is 2.20. The van der Waals surface area contributed by atoms with Crippen LogP contribution in [0.25, 0.3) is 0 Å². The molecule has 0 radical (unpaired) electrons. The zero-order valence-electron chi connectivity index (χ0n) is 15.8. The lowest BCUT2D eigenvalue weighted by atomic mass is 10.2. The van der Waals surface area contributed by atoms with Crippen LogP contribution in [-0.2, 0) is 14.8 Å². The number of methoxy groups -OCH3 is 2. The van der Waals surface area contributed by atoms with E-state index in [-0.39, 0.29) is 12.5 Å². The third-order valence-corrected chi connectivity index (χ3v) is 5.80. The first-order chi connectivity index (χ1) is 12.3. The van der Waals surface area contributed by atoms with E-state index in [9.17, 15) is 13.2 Å². The van der Waals surface area contributed by atoms with Crippen molar-refractivity contribution >= 4 is 21.6 Å². The van der Waals surface area contributed by atoms with Crippen LogP contribution in [0.15, 0.2) is 18.2 Å². The number of anilines is 1. The molecule has 1 aliphatic rings. The van der Waals surface area contributed by atoms with Crippen LogP contribution in [0.5, 0.6) is 11.5 Å². The molecule has 0 saturated carbocycles. The number of hydrogen-bond donors (Lipinski definition) is 1. The highest BCUT2D eigenvalue weighted by molar-refractivity contribution is 7.92. The monoisotopic (exact) mass is 386 g/mol. The van der Waals surface area contributed by atoms with Gasteiger partial charge in [-0.25, -0.2) is 8.42 Å². The van der Waals surface area contributed by atoms with Crippen molar-refractivity contribution in [3.05, 3.63) is 18.2 Å². The zero-order chi connectivity index (χ0) is 19.3. The molecule has 1 amide bonds. The lowest BCUT2D eigenvalue weighted by Crippen LogP contribution is -3.14. The number of likely N-dealkylation sites (N-methyl/N-ethyl adjacent to an activating group) is 1. The van der Waals surface area contributed by atoms with Crippen LogP contribution in [0.3, 0.4) is 0 Å². The number of hydrogen-bond acceptors (Lipinski definition) is 5. The summed E-state index contributed by atoms with van der Waals surface area (Å²) in [5, 5.41) is 0. The number of benzene rings is 1. The molecule has 26 heavy (non-hydrogen) atoms. The Hall–Kier alpha value is -2.00. The van der Waals surface area contributed by atoms with Gasteiger partial charge >= 0.3 is 0 Å². The van der Waals surface area contributed by atoms with Crippen LogP contribution in [0.2, 0.25) is 0 Å². The number of ether oxygens (including phenoxy) is 2. The molecule has 1 aromatic carbocycles. The summed E-state index contributed by atoms with van der Waals surface area (Å²) in [6.45, 7) is 5.99. The van der Waals surface area contributed by atoms with E-state index < -0.39 is 10.0 Å². The number of carbonyl (C=O) groups excluding carboxylic acids is 1. The Morgan fingerprint density at radius 2 is 1.81 bits per heavy atom. The average Bonchev–Trinajstić information content (AvgIpc) is 2.64. The summed E-state index contributed by atoms with van der Waals surface area (Å²) in [4.78, 5) is 15.8. The normalized spacial score (nSPS) is 15.6. The molecule has 0 bridgehead atoms. The number of piperazine rings is 1. The lowest BCUT2D eigenvalue weighted by Gasteiger charge is -2.33. The van der Waals surface area contributed by atoms with Crippen molar-refractivity contribution in [3.8, 4) is 11.5 Å². The zero-order valence-corrected chi connectivity index (χ0v) is 16.6. The van der Waals surface area contributed by atoms with Gasteiger partial charge in [-0.1, -0.05) is 0 Å².